The average Bonchev–Trinajstić information content (AvgIpc) is 3.94. The number of hydrogen-bond acceptors (Lipinski definition) is 2. The van der Waals surface area contributed by atoms with Gasteiger partial charge in [0.1, 0.15) is 16.8 Å². The van der Waals surface area contributed by atoms with Crippen molar-refractivity contribution in [1.29, 1.82) is 0 Å². The van der Waals surface area contributed by atoms with Crippen LogP contribution >= 0.6 is 0 Å². The van der Waals surface area contributed by atoms with Crippen LogP contribution in [0.1, 0.15) is 0 Å². The molecule has 0 radical (unpaired) electrons. The van der Waals surface area contributed by atoms with Crippen LogP contribution in [0.15, 0.2) is 205 Å². The zero-order valence-corrected chi connectivity index (χ0v) is 31.8. The van der Waals surface area contributed by atoms with E-state index in [2.05, 4.69) is 197 Å². The molecule has 0 spiro atoms. The summed E-state index contributed by atoms with van der Waals surface area (Å²) in [5.41, 5.74) is 15.0. The quantitative estimate of drug-likeness (QED) is 0.180. The van der Waals surface area contributed by atoms with Gasteiger partial charge in [0.2, 0.25) is 0 Å². The fourth-order valence-electron chi connectivity index (χ4n) is 9.53. The first-order valence-corrected chi connectivity index (χ1v) is 20.1. The molecule has 0 bridgehead atoms. The number of furan rings is 1. The zero-order valence-electron chi connectivity index (χ0n) is 31.8. The Morgan fingerprint density at radius 1 is 0.356 bits per heavy atom. The Balaban J connectivity index is 1.03. The molecule has 4 aromatic heterocycles. The van der Waals surface area contributed by atoms with Crippen molar-refractivity contribution in [3.05, 3.63) is 200 Å². The van der Waals surface area contributed by atoms with E-state index in [9.17, 15) is 0 Å². The Morgan fingerprint density at radius 3 is 1.71 bits per heavy atom. The summed E-state index contributed by atoms with van der Waals surface area (Å²) in [6.45, 7) is 0. The molecule has 0 aliphatic carbocycles. The molecule has 0 aliphatic heterocycles. The maximum atomic E-state index is 6.68. The molecule has 0 saturated carbocycles. The van der Waals surface area contributed by atoms with Crippen molar-refractivity contribution in [3.8, 4) is 33.6 Å². The summed E-state index contributed by atoms with van der Waals surface area (Å²) in [4.78, 5) is 5.14. The molecule has 0 unspecified atom stereocenters. The van der Waals surface area contributed by atoms with E-state index in [0.717, 1.165) is 55.4 Å². The molecule has 4 heterocycles. The van der Waals surface area contributed by atoms with Crippen LogP contribution in [0.5, 0.6) is 0 Å². The van der Waals surface area contributed by atoms with E-state index >= 15 is 0 Å². The van der Waals surface area contributed by atoms with Gasteiger partial charge in [-0.15, -0.1) is 0 Å². The average molecular weight is 752 g/mol. The second-order valence-corrected chi connectivity index (χ2v) is 15.5. The molecular weight excluding hydrogens is 719 g/mol. The van der Waals surface area contributed by atoms with E-state index in [1.54, 1.807) is 0 Å². The summed E-state index contributed by atoms with van der Waals surface area (Å²) < 4.78 is 11.5. The van der Waals surface area contributed by atoms with Crippen molar-refractivity contribution in [2.45, 2.75) is 0 Å². The molecular formula is C55H33N3O. The van der Waals surface area contributed by atoms with E-state index in [-0.39, 0.29) is 0 Å². The summed E-state index contributed by atoms with van der Waals surface area (Å²) in [6, 6.07) is 72.1. The van der Waals surface area contributed by atoms with Gasteiger partial charge in [0.05, 0.1) is 27.6 Å². The minimum absolute atomic E-state index is 0.792. The number of hydrogen-bond donors (Lipinski definition) is 0. The number of para-hydroxylation sites is 3. The molecule has 0 saturated heterocycles. The number of aromatic nitrogens is 3. The molecule has 13 rings (SSSR count). The fraction of sp³-hybridized carbons (Fsp3) is 0. The van der Waals surface area contributed by atoms with Crippen LogP contribution in [-0.2, 0) is 0 Å². The fourth-order valence-corrected chi connectivity index (χ4v) is 9.53. The molecule has 0 atom stereocenters. The second kappa shape index (κ2) is 12.3. The Morgan fingerprint density at radius 2 is 0.915 bits per heavy atom. The maximum absolute atomic E-state index is 6.68. The normalized spacial score (nSPS) is 12.1. The van der Waals surface area contributed by atoms with Crippen LogP contribution in [0, 0.1) is 0 Å². The Labute approximate surface area is 338 Å². The van der Waals surface area contributed by atoms with Crippen LogP contribution in [0.25, 0.3) is 121 Å². The van der Waals surface area contributed by atoms with Gasteiger partial charge in [0, 0.05) is 38.0 Å². The molecule has 0 N–H and O–H groups in total. The van der Waals surface area contributed by atoms with Crippen molar-refractivity contribution in [2.75, 3.05) is 0 Å². The minimum Gasteiger partial charge on any atom is -0.452 e. The smallest absolute Gasteiger partial charge is 0.178 e. The van der Waals surface area contributed by atoms with Crippen LogP contribution in [0.2, 0.25) is 0 Å². The Hall–Kier alpha value is -7.95. The molecule has 4 nitrogen and oxygen atoms in total. The van der Waals surface area contributed by atoms with Gasteiger partial charge in [-0.25, -0.2) is 4.98 Å². The van der Waals surface area contributed by atoms with Crippen LogP contribution in [-0.4, -0.2) is 14.1 Å². The lowest BCUT2D eigenvalue weighted by atomic mass is 10.00. The third-order valence-electron chi connectivity index (χ3n) is 12.3. The minimum atomic E-state index is 0.792. The molecule has 9 aromatic carbocycles. The number of pyridine rings is 1. The van der Waals surface area contributed by atoms with Gasteiger partial charge in [0.25, 0.3) is 0 Å². The standard InChI is InChI=1S/C55H33N3O/c1-2-12-34(13-3-1)35-22-26-40(27-23-35)57-49-28-24-39(32-45(49)46-30-36-14-4-5-15-37(36)33-51(46)57)38-25-29-50-44(31-38)41-16-7-10-20-48(41)58(50)54-42-17-6-9-19-47(42)56-53-43-18-8-11-21-52(43)59-55(53)54/h1-33H. The molecule has 274 valence electrons. The maximum Gasteiger partial charge on any atom is 0.178 e. The Bertz CT molecular complexity index is 3830. The van der Waals surface area contributed by atoms with Gasteiger partial charge >= 0.3 is 0 Å². The SMILES string of the molecule is c1ccc(-c2ccc(-n3c4ccc(-c5ccc6c(c5)c5ccccc5n6-c5c6ccccc6nc6c5oc5ccccc56)cc4c4cc5ccccc5cc43)cc2)cc1. The lowest BCUT2D eigenvalue weighted by Crippen LogP contribution is -1.97. The molecule has 59 heavy (non-hydrogen) atoms. The summed E-state index contributed by atoms with van der Waals surface area (Å²) in [5.74, 6) is 0. The lowest BCUT2D eigenvalue weighted by Gasteiger charge is -2.12. The number of fused-ring (bicyclic) bond motifs is 11. The van der Waals surface area contributed by atoms with Crippen molar-refractivity contribution in [3.63, 3.8) is 0 Å². The third kappa shape index (κ3) is 4.75. The summed E-state index contributed by atoms with van der Waals surface area (Å²) in [6.07, 6.45) is 0. The number of benzene rings is 9. The monoisotopic (exact) mass is 751 g/mol. The summed E-state index contributed by atoms with van der Waals surface area (Å²) >= 11 is 0. The lowest BCUT2D eigenvalue weighted by molar-refractivity contribution is 0.666. The highest BCUT2D eigenvalue weighted by Gasteiger charge is 2.22. The van der Waals surface area contributed by atoms with Crippen molar-refractivity contribution >= 4 is 87.4 Å². The highest BCUT2D eigenvalue weighted by atomic mass is 16.3. The highest BCUT2D eigenvalue weighted by molar-refractivity contribution is 6.18. The molecule has 4 heteroatoms. The number of rotatable bonds is 4. The van der Waals surface area contributed by atoms with Gasteiger partial charge in [-0.3, -0.25) is 0 Å². The van der Waals surface area contributed by atoms with Gasteiger partial charge in [-0.2, -0.15) is 0 Å². The zero-order chi connectivity index (χ0) is 38.6. The summed E-state index contributed by atoms with van der Waals surface area (Å²) in [7, 11) is 0. The van der Waals surface area contributed by atoms with Crippen LogP contribution in [0.4, 0.5) is 0 Å². The van der Waals surface area contributed by atoms with Crippen molar-refractivity contribution < 1.29 is 4.42 Å². The van der Waals surface area contributed by atoms with Crippen molar-refractivity contribution in [1.82, 2.24) is 14.1 Å². The largest absolute Gasteiger partial charge is 0.452 e. The summed E-state index contributed by atoms with van der Waals surface area (Å²) in [5, 5.41) is 9.39. The van der Waals surface area contributed by atoms with E-state index < -0.39 is 0 Å². The van der Waals surface area contributed by atoms with Gasteiger partial charge in [-0.1, -0.05) is 127 Å². The van der Waals surface area contributed by atoms with E-state index in [1.807, 2.05) is 12.1 Å². The molecule has 0 aliphatic rings. The van der Waals surface area contributed by atoms with Gasteiger partial charge in [-0.05, 0) is 106 Å². The predicted molar refractivity (Wildman–Crippen MR) is 246 cm³/mol. The first kappa shape index (κ1) is 32.2. The molecule has 0 fully saturated rings. The van der Waals surface area contributed by atoms with Gasteiger partial charge in [0.15, 0.2) is 5.58 Å². The van der Waals surface area contributed by atoms with Gasteiger partial charge < -0.3 is 13.6 Å². The van der Waals surface area contributed by atoms with Crippen LogP contribution in [0.3, 0.4) is 0 Å². The van der Waals surface area contributed by atoms with E-state index in [0.29, 0.717) is 0 Å². The van der Waals surface area contributed by atoms with Crippen LogP contribution < -0.4 is 0 Å². The third-order valence-corrected chi connectivity index (χ3v) is 12.3. The molecule has 13 aromatic rings. The molecule has 0 amide bonds. The highest BCUT2D eigenvalue weighted by Crippen LogP contribution is 2.43. The predicted octanol–water partition coefficient (Wildman–Crippen LogP) is 14.8. The van der Waals surface area contributed by atoms with E-state index in [1.165, 1.54) is 65.6 Å². The first-order chi connectivity index (χ1) is 29.2. The first-order valence-electron chi connectivity index (χ1n) is 20.1. The number of nitrogens with zero attached hydrogens (tertiary/aromatic N) is 3. The van der Waals surface area contributed by atoms with Crippen molar-refractivity contribution in [2.24, 2.45) is 0 Å². The Kier molecular flexibility index (Phi) is 6.69. The van der Waals surface area contributed by atoms with E-state index in [4.69, 9.17) is 9.40 Å². The second-order valence-electron chi connectivity index (χ2n) is 15.5. The topological polar surface area (TPSA) is 35.9 Å².